The summed E-state index contributed by atoms with van der Waals surface area (Å²) >= 11 is 0. The lowest BCUT2D eigenvalue weighted by Gasteiger charge is -2.09. The van der Waals surface area contributed by atoms with Gasteiger partial charge in [0.15, 0.2) is 0 Å². The molecule has 0 aliphatic carbocycles. The fourth-order valence-electron chi connectivity index (χ4n) is 1.64. The van der Waals surface area contributed by atoms with Crippen molar-refractivity contribution in [1.82, 2.24) is 9.97 Å². The number of hydrogen-bond acceptors (Lipinski definition) is 2. The zero-order valence-corrected chi connectivity index (χ0v) is 8.80. The Morgan fingerprint density at radius 1 is 1.13 bits per heavy atom. The second-order valence-corrected chi connectivity index (χ2v) is 3.72. The van der Waals surface area contributed by atoms with Gasteiger partial charge in [-0.2, -0.15) is 0 Å². The Labute approximate surface area is 90.0 Å². The molecular formula is C13H14N2. The first kappa shape index (κ1) is 9.84. The zero-order valence-electron chi connectivity index (χ0n) is 8.80. The largest absolute Gasteiger partial charge is 0.261 e. The first-order valence-corrected chi connectivity index (χ1v) is 5.16. The zero-order chi connectivity index (χ0) is 10.5. The Morgan fingerprint density at radius 3 is 2.60 bits per heavy atom. The third-order valence-electron chi connectivity index (χ3n) is 2.47. The molecule has 0 amide bonds. The van der Waals surface area contributed by atoms with Crippen LogP contribution in [-0.2, 0) is 6.42 Å². The van der Waals surface area contributed by atoms with Crippen molar-refractivity contribution in [2.24, 2.45) is 0 Å². The van der Waals surface area contributed by atoms with Crippen LogP contribution in [0.4, 0.5) is 0 Å². The van der Waals surface area contributed by atoms with Crippen LogP contribution in [0.3, 0.4) is 0 Å². The molecule has 2 aromatic rings. The first-order chi connectivity index (χ1) is 7.36. The fraction of sp³-hybridized carbons (Fsp3) is 0.231. The summed E-state index contributed by atoms with van der Waals surface area (Å²) in [7, 11) is 0. The average molecular weight is 199 g/mol. The smallest absolute Gasteiger partial charge is 0.0618 e. The summed E-state index contributed by atoms with van der Waals surface area (Å²) in [6.07, 6.45) is 6.31. The SMILES string of the molecule is CC([13CH2]c1ccccc1)c1cnccn1. The van der Waals surface area contributed by atoms with Gasteiger partial charge < -0.3 is 0 Å². The minimum atomic E-state index is 0.418. The molecule has 0 saturated heterocycles. The molecule has 1 aromatic heterocycles. The highest BCUT2D eigenvalue weighted by Gasteiger charge is 2.07. The van der Waals surface area contributed by atoms with Gasteiger partial charge in [0.1, 0.15) is 0 Å². The van der Waals surface area contributed by atoms with E-state index in [1.165, 1.54) is 5.56 Å². The van der Waals surface area contributed by atoms with Gasteiger partial charge in [-0.3, -0.25) is 9.97 Å². The second-order valence-electron chi connectivity index (χ2n) is 3.72. The maximum Gasteiger partial charge on any atom is 0.0618 e. The Kier molecular flexibility index (Phi) is 3.08. The van der Waals surface area contributed by atoms with Gasteiger partial charge in [-0.25, -0.2) is 0 Å². The maximum atomic E-state index is 4.31. The minimum absolute atomic E-state index is 0.418. The number of nitrogens with zero attached hydrogens (tertiary/aromatic N) is 2. The van der Waals surface area contributed by atoms with Crippen LogP contribution >= 0.6 is 0 Å². The van der Waals surface area contributed by atoms with E-state index >= 15 is 0 Å². The summed E-state index contributed by atoms with van der Waals surface area (Å²) < 4.78 is 0. The van der Waals surface area contributed by atoms with Crippen LogP contribution in [0, 0.1) is 0 Å². The van der Waals surface area contributed by atoms with E-state index in [0.29, 0.717) is 5.92 Å². The molecule has 2 heteroatoms. The van der Waals surface area contributed by atoms with Crippen molar-refractivity contribution in [3.05, 3.63) is 60.2 Å². The maximum absolute atomic E-state index is 4.31. The fourth-order valence-corrected chi connectivity index (χ4v) is 1.64. The molecule has 76 valence electrons. The monoisotopic (exact) mass is 199 g/mol. The molecule has 0 bridgehead atoms. The Hall–Kier alpha value is -1.70. The van der Waals surface area contributed by atoms with Gasteiger partial charge >= 0.3 is 0 Å². The predicted octanol–water partition coefficient (Wildman–Crippen LogP) is 2.82. The minimum Gasteiger partial charge on any atom is -0.261 e. The van der Waals surface area contributed by atoms with Gasteiger partial charge in [0.05, 0.1) is 5.69 Å². The lowest BCUT2D eigenvalue weighted by atomic mass is 10.1. The van der Waals surface area contributed by atoms with Crippen molar-refractivity contribution in [2.75, 3.05) is 0 Å². The van der Waals surface area contributed by atoms with E-state index in [0.717, 1.165) is 12.1 Å². The number of hydrogen-bond donors (Lipinski definition) is 0. The van der Waals surface area contributed by atoms with E-state index in [2.05, 4.69) is 41.2 Å². The first-order valence-electron chi connectivity index (χ1n) is 5.16. The molecule has 0 aliphatic rings. The molecule has 0 spiro atoms. The van der Waals surface area contributed by atoms with Crippen LogP contribution in [0.5, 0.6) is 0 Å². The third-order valence-corrected chi connectivity index (χ3v) is 2.47. The molecule has 0 aliphatic heterocycles. The molecule has 1 unspecified atom stereocenters. The molecule has 0 fully saturated rings. The van der Waals surface area contributed by atoms with Gasteiger partial charge in [0, 0.05) is 24.5 Å². The van der Waals surface area contributed by atoms with Crippen molar-refractivity contribution < 1.29 is 0 Å². The van der Waals surface area contributed by atoms with Crippen molar-refractivity contribution in [2.45, 2.75) is 19.3 Å². The van der Waals surface area contributed by atoms with E-state index in [1.54, 1.807) is 12.4 Å². The third kappa shape index (κ3) is 2.62. The van der Waals surface area contributed by atoms with Gasteiger partial charge in [-0.1, -0.05) is 37.3 Å². The molecule has 1 heterocycles. The summed E-state index contributed by atoms with van der Waals surface area (Å²) in [6, 6.07) is 10.5. The van der Waals surface area contributed by atoms with Crippen molar-refractivity contribution in [3.8, 4) is 0 Å². The van der Waals surface area contributed by atoms with Crippen LogP contribution in [0.15, 0.2) is 48.9 Å². The standard InChI is InChI=1S/C13H14N2/c1-11(13-10-14-7-8-15-13)9-12-5-3-2-4-6-12/h2-8,10-11H,9H2,1H3/i9+1. The van der Waals surface area contributed by atoms with Crippen LogP contribution in [0.1, 0.15) is 24.1 Å². The van der Waals surface area contributed by atoms with Gasteiger partial charge in [0.25, 0.3) is 0 Å². The predicted molar refractivity (Wildman–Crippen MR) is 60.6 cm³/mol. The molecule has 1 atom stereocenters. The van der Waals surface area contributed by atoms with Crippen LogP contribution in [0.25, 0.3) is 0 Å². The van der Waals surface area contributed by atoms with Gasteiger partial charge in [0.2, 0.25) is 0 Å². The van der Waals surface area contributed by atoms with Gasteiger partial charge in [-0.15, -0.1) is 0 Å². The lowest BCUT2D eigenvalue weighted by molar-refractivity contribution is 0.724. The molecule has 0 radical (unpaired) electrons. The second kappa shape index (κ2) is 4.69. The topological polar surface area (TPSA) is 25.8 Å². The number of benzene rings is 1. The number of aromatic nitrogens is 2. The lowest BCUT2D eigenvalue weighted by Crippen LogP contribution is -2.01. The van der Waals surface area contributed by atoms with E-state index in [9.17, 15) is 0 Å². The average Bonchev–Trinajstić information content (AvgIpc) is 2.31. The molecule has 2 nitrogen and oxygen atoms in total. The van der Waals surface area contributed by atoms with E-state index in [1.807, 2.05) is 12.3 Å². The molecule has 1 aromatic carbocycles. The quantitative estimate of drug-likeness (QED) is 0.710. The van der Waals surface area contributed by atoms with Gasteiger partial charge in [-0.05, 0) is 12.0 Å². The van der Waals surface area contributed by atoms with Crippen molar-refractivity contribution in [3.63, 3.8) is 0 Å². The van der Waals surface area contributed by atoms with Crippen LogP contribution < -0.4 is 0 Å². The Balaban J connectivity index is 2.08. The van der Waals surface area contributed by atoms with E-state index < -0.39 is 0 Å². The Morgan fingerprint density at radius 2 is 1.93 bits per heavy atom. The highest BCUT2D eigenvalue weighted by molar-refractivity contribution is 5.18. The molecular weight excluding hydrogens is 185 g/mol. The summed E-state index contributed by atoms with van der Waals surface area (Å²) in [5, 5.41) is 0. The summed E-state index contributed by atoms with van der Waals surface area (Å²) in [5.74, 6) is 0.418. The molecule has 0 N–H and O–H groups in total. The number of rotatable bonds is 3. The molecule has 2 rings (SSSR count). The molecule has 0 saturated carbocycles. The van der Waals surface area contributed by atoms with E-state index in [-0.39, 0.29) is 0 Å². The van der Waals surface area contributed by atoms with Crippen LogP contribution in [-0.4, -0.2) is 9.97 Å². The molecule has 15 heavy (non-hydrogen) atoms. The summed E-state index contributed by atoms with van der Waals surface area (Å²) in [6.45, 7) is 2.18. The van der Waals surface area contributed by atoms with E-state index in [4.69, 9.17) is 0 Å². The Bertz CT molecular complexity index is 397. The van der Waals surface area contributed by atoms with Crippen LogP contribution in [0.2, 0.25) is 0 Å². The highest BCUT2D eigenvalue weighted by atomic mass is 14.8. The summed E-state index contributed by atoms with van der Waals surface area (Å²) in [4.78, 5) is 8.40. The highest BCUT2D eigenvalue weighted by Crippen LogP contribution is 2.16. The van der Waals surface area contributed by atoms with Crippen molar-refractivity contribution >= 4 is 0 Å². The normalized spacial score (nSPS) is 12.3. The van der Waals surface area contributed by atoms with Crippen molar-refractivity contribution in [1.29, 1.82) is 0 Å². The summed E-state index contributed by atoms with van der Waals surface area (Å²) in [5.41, 5.74) is 2.40.